The van der Waals surface area contributed by atoms with Gasteiger partial charge in [-0.15, -0.1) is 0 Å². The molecule has 0 unspecified atom stereocenters. The van der Waals surface area contributed by atoms with E-state index in [-0.39, 0.29) is 4.90 Å². The minimum absolute atomic E-state index is 0.183. The zero-order chi connectivity index (χ0) is 26.2. The van der Waals surface area contributed by atoms with Crippen molar-refractivity contribution in [1.29, 1.82) is 0 Å². The van der Waals surface area contributed by atoms with Crippen molar-refractivity contribution < 1.29 is 22.6 Å². The number of fused-ring (bicyclic) bond motifs is 1. The second kappa shape index (κ2) is 9.70. The third kappa shape index (κ3) is 4.15. The summed E-state index contributed by atoms with van der Waals surface area (Å²) in [6.45, 7) is 1.87. The molecule has 7 nitrogen and oxygen atoms in total. The number of para-hydroxylation sites is 2. The van der Waals surface area contributed by atoms with E-state index in [1.54, 1.807) is 25.3 Å². The Labute approximate surface area is 222 Å². The number of sulfonamides is 1. The lowest BCUT2D eigenvalue weighted by atomic mass is 9.97. The van der Waals surface area contributed by atoms with Crippen LogP contribution in [0.1, 0.15) is 11.1 Å². The Bertz CT molecular complexity index is 1500. The molecule has 4 aromatic rings. The van der Waals surface area contributed by atoms with E-state index in [1.807, 2.05) is 84.9 Å². The average molecular weight is 529 g/mol. The summed E-state index contributed by atoms with van der Waals surface area (Å²) in [5, 5.41) is 0. The predicted octanol–water partition coefficient (Wildman–Crippen LogP) is 4.88. The monoisotopic (exact) mass is 528 g/mol. The van der Waals surface area contributed by atoms with Gasteiger partial charge >= 0.3 is 5.79 Å². The molecule has 0 amide bonds. The Morgan fingerprint density at radius 1 is 0.711 bits per heavy atom. The first-order valence-electron chi connectivity index (χ1n) is 12.5. The van der Waals surface area contributed by atoms with E-state index < -0.39 is 15.8 Å². The van der Waals surface area contributed by atoms with Gasteiger partial charge in [0.15, 0.2) is 11.5 Å². The zero-order valence-electron chi connectivity index (χ0n) is 21.0. The molecule has 1 fully saturated rings. The molecule has 4 aromatic carbocycles. The number of hydrogen-bond acceptors (Lipinski definition) is 6. The maximum absolute atomic E-state index is 13.6. The van der Waals surface area contributed by atoms with Crippen molar-refractivity contribution in [2.75, 3.05) is 38.2 Å². The van der Waals surface area contributed by atoms with Gasteiger partial charge < -0.3 is 19.1 Å². The number of anilines is 1. The molecule has 194 valence electrons. The van der Waals surface area contributed by atoms with Crippen LogP contribution in [-0.4, -0.2) is 46.0 Å². The summed E-state index contributed by atoms with van der Waals surface area (Å²) in [4.78, 5) is 2.33. The summed E-state index contributed by atoms with van der Waals surface area (Å²) in [5.74, 6) is 0.470. The number of nitrogens with zero attached hydrogens (tertiary/aromatic N) is 2. The van der Waals surface area contributed by atoms with E-state index in [0.717, 1.165) is 22.6 Å². The van der Waals surface area contributed by atoms with Gasteiger partial charge in [0.2, 0.25) is 10.0 Å². The van der Waals surface area contributed by atoms with Gasteiger partial charge in [0, 0.05) is 43.4 Å². The van der Waals surface area contributed by atoms with E-state index >= 15 is 0 Å². The van der Waals surface area contributed by atoms with Crippen LogP contribution in [-0.2, 0) is 15.8 Å². The van der Waals surface area contributed by atoms with Crippen LogP contribution in [0, 0.1) is 0 Å². The molecule has 0 aliphatic carbocycles. The van der Waals surface area contributed by atoms with Gasteiger partial charge in [-0.05, 0) is 24.3 Å². The quantitative estimate of drug-likeness (QED) is 0.356. The Balaban J connectivity index is 1.26. The highest BCUT2D eigenvalue weighted by atomic mass is 32.2. The van der Waals surface area contributed by atoms with Crippen LogP contribution in [0.5, 0.6) is 17.2 Å². The SMILES string of the molecule is COc1ccccc1N1CCN(S(=O)(=O)c2ccc3c(c2)OC(c2ccccc2)(c2ccccc2)O3)CC1. The van der Waals surface area contributed by atoms with Gasteiger partial charge in [-0.25, -0.2) is 8.42 Å². The molecule has 38 heavy (non-hydrogen) atoms. The van der Waals surface area contributed by atoms with Gasteiger partial charge in [0.25, 0.3) is 0 Å². The van der Waals surface area contributed by atoms with Crippen molar-refractivity contribution in [1.82, 2.24) is 4.31 Å². The van der Waals surface area contributed by atoms with Crippen LogP contribution >= 0.6 is 0 Å². The smallest absolute Gasteiger partial charge is 0.305 e. The molecule has 0 saturated carbocycles. The fourth-order valence-corrected chi connectivity index (χ4v) is 6.51. The van der Waals surface area contributed by atoms with Crippen molar-refractivity contribution in [2.24, 2.45) is 0 Å². The van der Waals surface area contributed by atoms with E-state index in [4.69, 9.17) is 14.2 Å². The van der Waals surface area contributed by atoms with Gasteiger partial charge in [-0.3, -0.25) is 0 Å². The van der Waals surface area contributed by atoms with E-state index in [1.165, 1.54) is 4.31 Å². The summed E-state index contributed by atoms with van der Waals surface area (Å²) >= 11 is 0. The minimum Gasteiger partial charge on any atom is -0.495 e. The molecule has 2 heterocycles. The van der Waals surface area contributed by atoms with Crippen molar-refractivity contribution in [3.05, 3.63) is 114 Å². The third-order valence-corrected chi connectivity index (χ3v) is 8.93. The summed E-state index contributed by atoms with van der Waals surface area (Å²) < 4.78 is 47.2. The Morgan fingerprint density at radius 2 is 1.29 bits per heavy atom. The summed E-state index contributed by atoms with van der Waals surface area (Å²) in [6, 6.07) is 32.0. The number of hydrogen-bond donors (Lipinski definition) is 0. The highest BCUT2D eigenvalue weighted by molar-refractivity contribution is 7.89. The highest BCUT2D eigenvalue weighted by Gasteiger charge is 2.46. The standard InChI is InChI=1S/C30H28N2O5S/c1-35-27-15-9-8-14-26(27)31-18-20-32(21-19-31)38(33,34)25-16-17-28-29(22-25)37-30(36-28,23-10-4-2-5-11-23)24-12-6-3-7-13-24/h2-17,22H,18-21H2,1H3. The number of benzene rings is 4. The topological polar surface area (TPSA) is 68.3 Å². The van der Waals surface area contributed by atoms with Gasteiger partial charge in [0.1, 0.15) is 5.75 Å². The van der Waals surface area contributed by atoms with Crippen LogP contribution in [0.15, 0.2) is 108 Å². The zero-order valence-corrected chi connectivity index (χ0v) is 21.8. The molecule has 8 heteroatoms. The molecule has 2 aliphatic heterocycles. The number of rotatable bonds is 6. The van der Waals surface area contributed by atoms with Gasteiger partial charge in [-0.2, -0.15) is 4.31 Å². The minimum atomic E-state index is -3.73. The summed E-state index contributed by atoms with van der Waals surface area (Å²) in [6.07, 6.45) is 0. The summed E-state index contributed by atoms with van der Waals surface area (Å²) in [5.41, 5.74) is 2.60. The molecule has 1 saturated heterocycles. The molecule has 0 aromatic heterocycles. The average Bonchev–Trinajstić information content (AvgIpc) is 3.38. The fourth-order valence-electron chi connectivity index (χ4n) is 5.07. The third-order valence-electron chi connectivity index (χ3n) is 7.03. The number of ether oxygens (including phenoxy) is 3. The maximum atomic E-state index is 13.6. The first-order chi connectivity index (χ1) is 18.5. The van der Waals surface area contributed by atoms with Crippen LogP contribution in [0.3, 0.4) is 0 Å². The molecule has 0 bridgehead atoms. The van der Waals surface area contributed by atoms with Crippen LogP contribution < -0.4 is 19.1 Å². The first-order valence-corrected chi connectivity index (χ1v) is 14.0. The number of piperazine rings is 1. The maximum Gasteiger partial charge on any atom is 0.305 e. The van der Waals surface area contributed by atoms with Crippen LogP contribution in [0.4, 0.5) is 5.69 Å². The summed E-state index contributed by atoms with van der Waals surface area (Å²) in [7, 11) is -2.09. The van der Waals surface area contributed by atoms with Gasteiger partial charge in [0.05, 0.1) is 17.7 Å². The Kier molecular flexibility index (Phi) is 6.21. The van der Waals surface area contributed by atoms with Crippen molar-refractivity contribution in [2.45, 2.75) is 10.7 Å². The molecular formula is C30H28N2O5S. The lowest BCUT2D eigenvalue weighted by Crippen LogP contribution is -2.48. The second-order valence-corrected chi connectivity index (χ2v) is 11.2. The molecule has 6 rings (SSSR count). The largest absolute Gasteiger partial charge is 0.495 e. The lowest BCUT2D eigenvalue weighted by molar-refractivity contribution is -0.0459. The second-order valence-electron chi connectivity index (χ2n) is 9.22. The van der Waals surface area contributed by atoms with E-state index in [2.05, 4.69) is 4.90 Å². The Morgan fingerprint density at radius 3 is 1.92 bits per heavy atom. The fraction of sp³-hybridized carbons (Fsp3) is 0.200. The molecule has 0 N–H and O–H groups in total. The normalized spacial score (nSPS) is 16.8. The van der Waals surface area contributed by atoms with Crippen LogP contribution in [0.25, 0.3) is 0 Å². The lowest BCUT2D eigenvalue weighted by Gasteiger charge is -2.35. The molecule has 0 atom stereocenters. The van der Waals surface area contributed by atoms with Crippen molar-refractivity contribution in [3.8, 4) is 17.2 Å². The molecule has 0 spiro atoms. The Hall–Kier alpha value is -4.01. The van der Waals surface area contributed by atoms with Crippen molar-refractivity contribution >= 4 is 15.7 Å². The molecule has 2 aliphatic rings. The molecular weight excluding hydrogens is 500 g/mol. The first kappa shape index (κ1) is 24.3. The van der Waals surface area contributed by atoms with Crippen LogP contribution in [0.2, 0.25) is 0 Å². The van der Waals surface area contributed by atoms with E-state index in [9.17, 15) is 8.42 Å². The number of methoxy groups -OCH3 is 1. The molecule has 0 radical (unpaired) electrons. The predicted molar refractivity (Wildman–Crippen MR) is 145 cm³/mol. The van der Waals surface area contributed by atoms with Gasteiger partial charge in [-0.1, -0.05) is 72.8 Å². The van der Waals surface area contributed by atoms with Crippen molar-refractivity contribution in [3.63, 3.8) is 0 Å². The van der Waals surface area contributed by atoms with E-state index in [0.29, 0.717) is 37.7 Å². The highest BCUT2D eigenvalue weighted by Crippen LogP contribution is 2.48.